The zero-order chi connectivity index (χ0) is 18.5. The Morgan fingerprint density at radius 3 is 2.62 bits per heavy atom. The topological polar surface area (TPSA) is 84.2 Å². The summed E-state index contributed by atoms with van der Waals surface area (Å²) in [5.41, 5.74) is 1.40. The van der Waals surface area contributed by atoms with Crippen LogP contribution in [-0.2, 0) is 4.79 Å². The minimum absolute atomic E-state index is 0.224. The Kier molecular flexibility index (Phi) is 5.48. The first-order valence-corrected chi connectivity index (χ1v) is 9.10. The molecule has 26 heavy (non-hydrogen) atoms. The van der Waals surface area contributed by atoms with Crippen molar-refractivity contribution in [3.8, 4) is 22.0 Å². The van der Waals surface area contributed by atoms with Gasteiger partial charge in [-0.25, -0.2) is 4.98 Å². The summed E-state index contributed by atoms with van der Waals surface area (Å²) in [5.74, 6) is 0.0406. The Morgan fingerprint density at radius 1 is 1.19 bits per heavy atom. The molecule has 2 heterocycles. The summed E-state index contributed by atoms with van der Waals surface area (Å²) >= 11 is 1.24. The lowest BCUT2D eigenvalue weighted by molar-refractivity contribution is -0.122. The van der Waals surface area contributed by atoms with Crippen LogP contribution in [-0.4, -0.2) is 29.4 Å². The molecule has 1 atom stereocenters. The number of amides is 2. The van der Waals surface area contributed by atoms with Gasteiger partial charge in [-0.2, -0.15) is 0 Å². The highest BCUT2D eigenvalue weighted by atomic mass is 32.1. The van der Waals surface area contributed by atoms with E-state index in [-0.39, 0.29) is 11.8 Å². The van der Waals surface area contributed by atoms with Gasteiger partial charge in [-0.05, 0) is 26.0 Å². The Labute approximate surface area is 155 Å². The maximum Gasteiger partial charge on any atom is 0.264 e. The van der Waals surface area contributed by atoms with Crippen molar-refractivity contribution in [1.82, 2.24) is 15.6 Å². The van der Waals surface area contributed by atoms with Gasteiger partial charge in [0, 0.05) is 12.1 Å². The first-order chi connectivity index (χ1) is 12.6. The summed E-state index contributed by atoms with van der Waals surface area (Å²) in [7, 11) is 0. The van der Waals surface area contributed by atoms with E-state index in [4.69, 9.17) is 4.42 Å². The van der Waals surface area contributed by atoms with Crippen LogP contribution in [0.5, 0.6) is 0 Å². The van der Waals surface area contributed by atoms with Gasteiger partial charge in [0.1, 0.15) is 10.9 Å². The Bertz CT molecular complexity index is 888. The molecule has 134 valence electrons. The summed E-state index contributed by atoms with van der Waals surface area (Å²) < 4.78 is 5.41. The molecular formula is C19H19N3O3S. The maximum atomic E-state index is 12.8. The van der Waals surface area contributed by atoms with Crippen molar-refractivity contribution in [2.75, 3.05) is 6.54 Å². The smallest absolute Gasteiger partial charge is 0.264 e. The molecule has 1 aromatic carbocycles. The molecule has 0 aliphatic rings. The number of nitrogens with zero attached hydrogens (tertiary/aromatic N) is 1. The van der Waals surface area contributed by atoms with Crippen molar-refractivity contribution in [2.24, 2.45) is 0 Å². The van der Waals surface area contributed by atoms with Gasteiger partial charge < -0.3 is 15.1 Å². The van der Waals surface area contributed by atoms with Crippen molar-refractivity contribution in [3.63, 3.8) is 0 Å². The Balaban J connectivity index is 1.94. The van der Waals surface area contributed by atoms with E-state index >= 15 is 0 Å². The van der Waals surface area contributed by atoms with Crippen LogP contribution in [0, 0.1) is 0 Å². The molecule has 2 aromatic heterocycles. The first-order valence-electron chi connectivity index (χ1n) is 8.28. The Morgan fingerprint density at radius 2 is 1.96 bits per heavy atom. The van der Waals surface area contributed by atoms with Crippen LogP contribution < -0.4 is 10.6 Å². The number of furan rings is 1. The number of thiazole rings is 1. The van der Waals surface area contributed by atoms with Gasteiger partial charge in [-0.1, -0.05) is 30.3 Å². The van der Waals surface area contributed by atoms with E-state index in [1.54, 1.807) is 25.3 Å². The Hall–Kier alpha value is -2.93. The quantitative estimate of drug-likeness (QED) is 0.698. The zero-order valence-electron chi connectivity index (χ0n) is 14.5. The minimum Gasteiger partial charge on any atom is -0.462 e. The molecule has 0 unspecified atom stereocenters. The normalized spacial score (nSPS) is 11.8. The van der Waals surface area contributed by atoms with Gasteiger partial charge in [0.05, 0.1) is 12.0 Å². The maximum absolute atomic E-state index is 12.8. The third-order valence-corrected chi connectivity index (χ3v) is 4.77. The molecule has 0 radical (unpaired) electrons. The summed E-state index contributed by atoms with van der Waals surface area (Å²) in [4.78, 5) is 29.7. The van der Waals surface area contributed by atoms with Crippen molar-refractivity contribution < 1.29 is 14.0 Å². The minimum atomic E-state index is -0.639. The van der Waals surface area contributed by atoms with Gasteiger partial charge in [0.2, 0.25) is 5.91 Å². The van der Waals surface area contributed by atoms with Crippen LogP contribution in [0.3, 0.4) is 0 Å². The molecule has 6 nitrogen and oxygen atoms in total. The second kappa shape index (κ2) is 7.97. The van der Waals surface area contributed by atoms with Crippen molar-refractivity contribution in [3.05, 3.63) is 53.6 Å². The summed E-state index contributed by atoms with van der Waals surface area (Å²) in [5, 5.41) is 6.05. The van der Waals surface area contributed by atoms with E-state index in [1.165, 1.54) is 11.3 Å². The lowest BCUT2D eigenvalue weighted by atomic mass is 10.1. The fourth-order valence-electron chi connectivity index (χ4n) is 2.43. The molecule has 0 spiro atoms. The molecule has 0 aliphatic carbocycles. The number of carbonyl (C=O) groups excluding carboxylic acids is 2. The highest BCUT2D eigenvalue weighted by Crippen LogP contribution is 2.34. The van der Waals surface area contributed by atoms with Gasteiger partial charge in [-0.3, -0.25) is 9.59 Å². The standard InChI is InChI=1S/C19H19N3O3S/c1-3-20-17(23)12(2)21-18(24)16-15(13-8-5-4-6-9-13)22-19(26-16)14-10-7-11-25-14/h4-12H,3H2,1-2H3,(H,20,23)(H,21,24)/t12-/m0/s1. The van der Waals surface area contributed by atoms with Gasteiger partial charge in [0.25, 0.3) is 5.91 Å². The SMILES string of the molecule is CCNC(=O)[C@H](C)NC(=O)c1sc(-c2ccco2)nc1-c1ccccc1. The number of rotatable bonds is 6. The van der Waals surface area contributed by atoms with Gasteiger partial charge >= 0.3 is 0 Å². The summed E-state index contributed by atoms with van der Waals surface area (Å²) in [6, 6.07) is 12.4. The van der Waals surface area contributed by atoms with Crippen LogP contribution in [0.2, 0.25) is 0 Å². The zero-order valence-corrected chi connectivity index (χ0v) is 15.3. The molecule has 2 amide bonds. The van der Waals surface area contributed by atoms with E-state index < -0.39 is 6.04 Å². The molecule has 0 bridgehead atoms. The number of hydrogen-bond acceptors (Lipinski definition) is 5. The van der Waals surface area contributed by atoms with Crippen LogP contribution in [0.4, 0.5) is 0 Å². The average molecular weight is 369 g/mol. The molecule has 0 aliphatic heterocycles. The van der Waals surface area contributed by atoms with Crippen LogP contribution in [0.25, 0.3) is 22.0 Å². The largest absolute Gasteiger partial charge is 0.462 e. The van der Waals surface area contributed by atoms with Gasteiger partial charge in [0.15, 0.2) is 10.8 Å². The molecular weight excluding hydrogens is 350 g/mol. The van der Waals surface area contributed by atoms with Crippen molar-refractivity contribution in [1.29, 1.82) is 0 Å². The molecule has 2 N–H and O–H groups in total. The third-order valence-electron chi connectivity index (χ3n) is 3.70. The number of carbonyl (C=O) groups is 2. The van der Waals surface area contributed by atoms with Crippen LogP contribution in [0.1, 0.15) is 23.5 Å². The number of hydrogen-bond donors (Lipinski definition) is 2. The second-order valence-corrected chi connectivity index (χ2v) is 6.63. The van der Waals surface area contributed by atoms with E-state index in [0.717, 1.165) is 5.56 Å². The molecule has 0 saturated heterocycles. The molecule has 0 saturated carbocycles. The highest BCUT2D eigenvalue weighted by molar-refractivity contribution is 7.17. The van der Waals surface area contributed by atoms with E-state index in [9.17, 15) is 9.59 Å². The summed E-state index contributed by atoms with van der Waals surface area (Å²) in [6.07, 6.45) is 1.57. The molecule has 7 heteroatoms. The van der Waals surface area contributed by atoms with Gasteiger partial charge in [-0.15, -0.1) is 11.3 Å². The average Bonchev–Trinajstić information content (AvgIpc) is 3.32. The lowest BCUT2D eigenvalue weighted by Gasteiger charge is -2.13. The van der Waals surface area contributed by atoms with E-state index in [2.05, 4.69) is 15.6 Å². The number of likely N-dealkylation sites (N-methyl/N-ethyl adjacent to an activating group) is 1. The predicted octanol–water partition coefficient (Wildman–Crippen LogP) is 3.32. The van der Waals surface area contributed by atoms with E-state index in [1.807, 2.05) is 37.3 Å². The third kappa shape index (κ3) is 3.83. The number of aromatic nitrogens is 1. The monoisotopic (exact) mass is 369 g/mol. The van der Waals surface area contributed by atoms with Crippen molar-refractivity contribution in [2.45, 2.75) is 19.9 Å². The number of benzene rings is 1. The number of nitrogens with one attached hydrogen (secondary N) is 2. The molecule has 0 fully saturated rings. The predicted molar refractivity (Wildman–Crippen MR) is 101 cm³/mol. The van der Waals surface area contributed by atoms with E-state index in [0.29, 0.717) is 27.9 Å². The molecule has 3 aromatic rings. The lowest BCUT2D eigenvalue weighted by Crippen LogP contribution is -2.44. The highest BCUT2D eigenvalue weighted by Gasteiger charge is 2.24. The first kappa shape index (κ1) is 17.9. The second-order valence-electron chi connectivity index (χ2n) is 5.63. The van der Waals surface area contributed by atoms with Crippen LogP contribution in [0.15, 0.2) is 53.1 Å². The van der Waals surface area contributed by atoms with Crippen molar-refractivity contribution >= 4 is 23.2 Å². The summed E-state index contributed by atoms with van der Waals surface area (Å²) in [6.45, 7) is 4.00. The van der Waals surface area contributed by atoms with Crippen LogP contribution >= 0.6 is 11.3 Å². The fourth-order valence-corrected chi connectivity index (χ4v) is 3.39. The fraction of sp³-hybridized carbons (Fsp3) is 0.211. The molecule has 3 rings (SSSR count).